The smallest absolute Gasteiger partial charge is 0.138 e. The summed E-state index contributed by atoms with van der Waals surface area (Å²) in [5, 5.41) is 0. The van der Waals surface area contributed by atoms with Gasteiger partial charge in [0.05, 0.1) is 6.20 Å². The zero-order chi connectivity index (χ0) is 12.7. The third-order valence-corrected chi connectivity index (χ3v) is 2.74. The van der Waals surface area contributed by atoms with E-state index in [-0.39, 0.29) is 6.04 Å². The van der Waals surface area contributed by atoms with E-state index in [0.717, 1.165) is 36.3 Å². The van der Waals surface area contributed by atoms with Gasteiger partial charge in [-0.1, -0.05) is 20.4 Å². The van der Waals surface area contributed by atoms with Crippen LogP contribution in [-0.2, 0) is 6.42 Å². The fourth-order valence-corrected chi connectivity index (χ4v) is 1.32. The van der Waals surface area contributed by atoms with Crippen molar-refractivity contribution >= 4 is 0 Å². The van der Waals surface area contributed by atoms with Gasteiger partial charge in [-0.2, -0.15) is 0 Å². The van der Waals surface area contributed by atoms with Crippen LogP contribution in [0.2, 0.25) is 0 Å². The van der Waals surface area contributed by atoms with Crippen LogP contribution in [0.25, 0.3) is 0 Å². The third-order valence-electron chi connectivity index (χ3n) is 2.74. The molecule has 0 amide bonds. The third kappa shape index (κ3) is 5.00. The Labute approximate surface area is 104 Å². The van der Waals surface area contributed by atoms with Gasteiger partial charge >= 0.3 is 0 Å². The number of hydrogen-bond donors (Lipinski definition) is 1. The maximum absolute atomic E-state index is 5.88. The molecule has 17 heavy (non-hydrogen) atoms. The molecule has 0 fully saturated rings. The Bertz CT molecular complexity index is 346. The summed E-state index contributed by atoms with van der Waals surface area (Å²) in [6.45, 7) is 8.61. The summed E-state index contributed by atoms with van der Waals surface area (Å²) in [5.41, 5.74) is 7.98. The summed E-state index contributed by atoms with van der Waals surface area (Å²) < 4.78 is 5.55. The highest BCUT2D eigenvalue weighted by atomic mass is 16.5. The predicted octanol–water partition coefficient (Wildman–Crippen LogP) is 2.71. The minimum atomic E-state index is 0.189. The number of rotatable bonds is 7. The average molecular weight is 234 g/mol. The monoisotopic (exact) mass is 234 g/mol. The summed E-state index contributed by atoms with van der Waals surface area (Å²) in [6.07, 6.45) is 4.48. The molecular weight excluding hydrogens is 212 g/mol. The van der Waals surface area contributed by atoms with Gasteiger partial charge in [0.1, 0.15) is 12.4 Å². The quantitative estimate of drug-likeness (QED) is 0.738. The lowest BCUT2D eigenvalue weighted by atomic mass is 10.1. The molecule has 0 spiro atoms. The van der Waals surface area contributed by atoms with Gasteiger partial charge in [0.25, 0.3) is 0 Å². The van der Waals surface area contributed by atoms with Gasteiger partial charge in [0.2, 0.25) is 0 Å². The lowest BCUT2D eigenvalue weighted by Crippen LogP contribution is -2.21. The van der Waals surface area contributed by atoms with Crippen LogP contribution in [0.3, 0.4) is 0 Å². The van der Waals surface area contributed by atoms with Crippen molar-refractivity contribution in [2.24, 2.45) is 5.73 Å². The van der Waals surface area contributed by atoms with Gasteiger partial charge < -0.3 is 10.5 Å². The molecule has 0 saturated heterocycles. The zero-order valence-corrected chi connectivity index (χ0v) is 10.8. The number of hydrogen-bond acceptors (Lipinski definition) is 3. The van der Waals surface area contributed by atoms with Crippen LogP contribution in [0.5, 0.6) is 5.75 Å². The van der Waals surface area contributed by atoms with E-state index in [9.17, 15) is 0 Å². The number of aromatic nitrogens is 1. The number of pyridine rings is 1. The minimum absolute atomic E-state index is 0.189. The van der Waals surface area contributed by atoms with Crippen LogP contribution >= 0.6 is 0 Å². The molecule has 0 radical (unpaired) electrons. The average Bonchev–Trinajstić information content (AvgIpc) is 2.37. The van der Waals surface area contributed by atoms with Crippen LogP contribution < -0.4 is 10.5 Å². The summed E-state index contributed by atoms with van der Waals surface area (Å²) in [6, 6.07) is 4.10. The van der Waals surface area contributed by atoms with Crippen LogP contribution in [-0.4, -0.2) is 17.6 Å². The molecule has 1 rings (SSSR count). The molecule has 1 unspecified atom stereocenters. The molecule has 0 saturated carbocycles. The normalized spacial score (nSPS) is 12.2. The fourth-order valence-electron chi connectivity index (χ4n) is 1.32. The lowest BCUT2D eigenvalue weighted by Gasteiger charge is -2.09. The molecule has 0 bridgehead atoms. The molecule has 3 nitrogen and oxygen atoms in total. The first-order valence-corrected chi connectivity index (χ1v) is 6.15. The van der Waals surface area contributed by atoms with Crippen LogP contribution in [0.15, 0.2) is 30.5 Å². The second kappa shape index (κ2) is 7.07. The Kier molecular flexibility index (Phi) is 5.70. The van der Waals surface area contributed by atoms with E-state index in [2.05, 4.69) is 25.4 Å². The molecule has 0 aliphatic rings. The van der Waals surface area contributed by atoms with E-state index in [0.29, 0.717) is 6.61 Å². The summed E-state index contributed by atoms with van der Waals surface area (Å²) in [7, 11) is 0. The topological polar surface area (TPSA) is 48.1 Å². The van der Waals surface area contributed by atoms with Crippen molar-refractivity contribution in [1.82, 2.24) is 4.98 Å². The highest BCUT2D eigenvalue weighted by Crippen LogP contribution is 2.12. The molecule has 2 N–H and O–H groups in total. The molecule has 3 heteroatoms. The molecule has 1 aromatic heterocycles. The van der Waals surface area contributed by atoms with Crippen molar-refractivity contribution < 1.29 is 4.74 Å². The standard InChI is InChI=1S/C14H22N2O/c1-4-11(3)10-17-14-7-6-13(16-9-14)8-12(15)5-2/h6-7,9,12H,3-5,8,10,15H2,1-2H3. The first-order valence-electron chi connectivity index (χ1n) is 6.15. The Balaban J connectivity index is 2.47. The van der Waals surface area contributed by atoms with E-state index in [1.165, 1.54) is 0 Å². The van der Waals surface area contributed by atoms with Crippen LogP contribution in [0.1, 0.15) is 32.4 Å². The van der Waals surface area contributed by atoms with E-state index >= 15 is 0 Å². The Morgan fingerprint density at radius 2 is 2.24 bits per heavy atom. The van der Waals surface area contributed by atoms with E-state index < -0.39 is 0 Å². The van der Waals surface area contributed by atoms with E-state index in [1.807, 2.05) is 12.1 Å². The number of nitrogens with zero attached hydrogens (tertiary/aromatic N) is 1. The van der Waals surface area contributed by atoms with Crippen molar-refractivity contribution in [2.75, 3.05) is 6.61 Å². The SMILES string of the molecule is C=C(CC)COc1ccc(CC(N)CC)nc1. The highest BCUT2D eigenvalue weighted by Gasteiger charge is 2.03. The molecule has 1 aromatic rings. The predicted molar refractivity (Wildman–Crippen MR) is 71.1 cm³/mol. The maximum Gasteiger partial charge on any atom is 0.138 e. The first kappa shape index (κ1) is 13.7. The second-order valence-corrected chi connectivity index (χ2v) is 4.25. The fraction of sp³-hybridized carbons (Fsp3) is 0.500. The molecule has 1 heterocycles. The Morgan fingerprint density at radius 3 is 2.76 bits per heavy atom. The van der Waals surface area contributed by atoms with Crippen molar-refractivity contribution in [1.29, 1.82) is 0 Å². The number of nitrogens with two attached hydrogens (primary N) is 1. The second-order valence-electron chi connectivity index (χ2n) is 4.25. The molecule has 0 aliphatic heterocycles. The van der Waals surface area contributed by atoms with Crippen molar-refractivity contribution in [2.45, 2.75) is 39.2 Å². The van der Waals surface area contributed by atoms with E-state index in [1.54, 1.807) is 6.20 Å². The Hall–Kier alpha value is -1.35. The highest BCUT2D eigenvalue weighted by molar-refractivity contribution is 5.21. The molecule has 0 aromatic carbocycles. The zero-order valence-electron chi connectivity index (χ0n) is 10.8. The van der Waals surface area contributed by atoms with Gasteiger partial charge in [-0.15, -0.1) is 0 Å². The molecular formula is C14H22N2O. The van der Waals surface area contributed by atoms with Crippen LogP contribution in [0, 0.1) is 0 Å². The summed E-state index contributed by atoms with van der Waals surface area (Å²) in [4.78, 5) is 4.34. The van der Waals surface area contributed by atoms with Gasteiger partial charge in [0.15, 0.2) is 0 Å². The van der Waals surface area contributed by atoms with Gasteiger partial charge in [-0.05, 0) is 30.5 Å². The minimum Gasteiger partial charge on any atom is -0.488 e. The van der Waals surface area contributed by atoms with Crippen molar-refractivity contribution in [3.8, 4) is 5.75 Å². The van der Waals surface area contributed by atoms with Gasteiger partial charge in [0, 0.05) is 18.2 Å². The molecule has 1 atom stereocenters. The van der Waals surface area contributed by atoms with Crippen LogP contribution in [0.4, 0.5) is 0 Å². The molecule has 0 aliphatic carbocycles. The Morgan fingerprint density at radius 1 is 1.47 bits per heavy atom. The van der Waals surface area contributed by atoms with Crippen molar-refractivity contribution in [3.63, 3.8) is 0 Å². The van der Waals surface area contributed by atoms with Crippen molar-refractivity contribution in [3.05, 3.63) is 36.2 Å². The lowest BCUT2D eigenvalue weighted by molar-refractivity contribution is 0.347. The summed E-state index contributed by atoms with van der Waals surface area (Å²) >= 11 is 0. The maximum atomic E-state index is 5.88. The molecule has 94 valence electrons. The van der Waals surface area contributed by atoms with Gasteiger partial charge in [-0.25, -0.2) is 0 Å². The largest absolute Gasteiger partial charge is 0.488 e. The van der Waals surface area contributed by atoms with E-state index in [4.69, 9.17) is 10.5 Å². The first-order chi connectivity index (χ1) is 8.15. The van der Waals surface area contributed by atoms with Gasteiger partial charge in [-0.3, -0.25) is 4.98 Å². The number of ether oxygens (including phenoxy) is 1. The summed E-state index contributed by atoms with van der Waals surface area (Å²) in [5.74, 6) is 0.786.